The highest BCUT2D eigenvalue weighted by molar-refractivity contribution is 6.32. The molecule has 0 bridgehead atoms. The molecule has 0 aromatic heterocycles. The van der Waals surface area contributed by atoms with Gasteiger partial charge in [0, 0.05) is 19.1 Å². The SMILES string of the molecule is CCC1=NC(=O)NC(c2ccc(OC(C)=O)c(Cl)c2)C1C(=O)CCC1CCCCCC1. The number of esters is 1. The summed E-state index contributed by atoms with van der Waals surface area (Å²) in [6.07, 6.45) is 9.36. The number of carbonyl (C=O) groups is 3. The van der Waals surface area contributed by atoms with Gasteiger partial charge >= 0.3 is 12.0 Å². The first-order valence-electron chi connectivity index (χ1n) is 11.3. The number of carbonyl (C=O) groups excluding carboxylic acids is 3. The third kappa shape index (κ3) is 6.16. The molecule has 1 fully saturated rings. The van der Waals surface area contributed by atoms with E-state index in [9.17, 15) is 14.4 Å². The van der Waals surface area contributed by atoms with Gasteiger partial charge in [-0.05, 0) is 36.5 Å². The number of Topliss-reactive ketones (excluding diaryl/α,β-unsaturated/α-hetero) is 1. The molecular formula is C24H31ClN2O4. The number of hydrogen-bond donors (Lipinski definition) is 1. The maximum atomic E-state index is 13.3. The number of benzene rings is 1. The van der Waals surface area contributed by atoms with Crippen LogP contribution in [0.15, 0.2) is 23.2 Å². The van der Waals surface area contributed by atoms with Gasteiger partial charge in [0.15, 0.2) is 0 Å². The normalized spacial score (nSPS) is 22.3. The summed E-state index contributed by atoms with van der Waals surface area (Å²) >= 11 is 6.30. The van der Waals surface area contributed by atoms with Crippen molar-refractivity contribution in [3.05, 3.63) is 28.8 Å². The summed E-state index contributed by atoms with van der Waals surface area (Å²) in [7, 11) is 0. The first-order chi connectivity index (χ1) is 14.9. The molecule has 2 amide bonds. The lowest BCUT2D eigenvalue weighted by Gasteiger charge is -2.32. The zero-order valence-corrected chi connectivity index (χ0v) is 19.0. The van der Waals surface area contributed by atoms with Gasteiger partial charge in [-0.3, -0.25) is 9.59 Å². The lowest BCUT2D eigenvalue weighted by atomic mass is 9.81. The van der Waals surface area contributed by atoms with E-state index in [1.807, 2.05) is 6.92 Å². The Hall–Kier alpha value is -2.21. The smallest absolute Gasteiger partial charge is 0.341 e. The quantitative estimate of drug-likeness (QED) is 0.325. The van der Waals surface area contributed by atoms with Crippen LogP contribution in [0.3, 0.4) is 0 Å². The minimum Gasteiger partial charge on any atom is -0.425 e. The van der Waals surface area contributed by atoms with Crippen molar-refractivity contribution >= 4 is 35.1 Å². The summed E-state index contributed by atoms with van der Waals surface area (Å²) in [5, 5.41) is 3.11. The summed E-state index contributed by atoms with van der Waals surface area (Å²) in [6.45, 7) is 3.22. The van der Waals surface area contributed by atoms with Crippen LogP contribution in [0, 0.1) is 11.8 Å². The number of rotatable bonds is 7. The summed E-state index contributed by atoms with van der Waals surface area (Å²) in [5.74, 6) is -0.0185. The van der Waals surface area contributed by atoms with Crippen LogP contribution in [0.5, 0.6) is 5.75 Å². The molecule has 168 valence electrons. The largest absolute Gasteiger partial charge is 0.425 e. The zero-order chi connectivity index (χ0) is 22.4. The molecule has 3 rings (SSSR count). The highest BCUT2D eigenvalue weighted by Gasteiger charge is 2.37. The standard InChI is InChI=1S/C24H31ClN2O4/c1-3-19-22(20(29)12-10-16-8-6-4-5-7-9-16)23(27-24(30)26-19)17-11-13-21(18(25)14-17)31-15(2)28/h11,13-14,16,22-23H,3-10,12H2,1-2H3,(H,27,30). The van der Waals surface area contributed by atoms with E-state index in [0.29, 0.717) is 30.0 Å². The maximum absolute atomic E-state index is 13.3. The van der Waals surface area contributed by atoms with Crippen LogP contribution >= 0.6 is 11.6 Å². The fourth-order valence-electron chi connectivity index (χ4n) is 4.69. The van der Waals surface area contributed by atoms with E-state index in [1.54, 1.807) is 18.2 Å². The van der Waals surface area contributed by atoms with E-state index < -0.39 is 24.0 Å². The molecule has 0 radical (unpaired) electrons. The minimum absolute atomic E-state index is 0.107. The number of aliphatic imine (C=N–C) groups is 1. The van der Waals surface area contributed by atoms with Gasteiger partial charge in [0.2, 0.25) is 0 Å². The summed E-state index contributed by atoms with van der Waals surface area (Å²) in [6, 6.07) is 3.99. The van der Waals surface area contributed by atoms with Gasteiger partial charge in [-0.2, -0.15) is 0 Å². The predicted molar refractivity (Wildman–Crippen MR) is 121 cm³/mol. The van der Waals surface area contributed by atoms with Gasteiger partial charge in [0.1, 0.15) is 11.5 Å². The molecule has 2 atom stereocenters. The van der Waals surface area contributed by atoms with E-state index >= 15 is 0 Å². The predicted octanol–water partition coefficient (Wildman–Crippen LogP) is 5.82. The Morgan fingerprint density at radius 1 is 1.19 bits per heavy atom. The van der Waals surface area contributed by atoms with Crippen LogP contribution in [0.25, 0.3) is 0 Å². The summed E-state index contributed by atoms with van der Waals surface area (Å²) in [4.78, 5) is 40.9. The third-order valence-corrected chi connectivity index (χ3v) is 6.56. The molecule has 2 aliphatic rings. The number of halogens is 1. The summed E-state index contributed by atoms with van der Waals surface area (Å²) < 4.78 is 5.09. The average molecular weight is 447 g/mol. The minimum atomic E-state index is -0.537. The second-order valence-electron chi connectivity index (χ2n) is 8.51. The number of nitrogens with one attached hydrogen (secondary N) is 1. The van der Waals surface area contributed by atoms with Crippen molar-refractivity contribution in [2.75, 3.05) is 0 Å². The van der Waals surface area contributed by atoms with Gasteiger partial charge in [0.05, 0.1) is 17.0 Å². The van der Waals surface area contributed by atoms with Crippen LogP contribution in [0.1, 0.15) is 83.2 Å². The van der Waals surface area contributed by atoms with Crippen LogP contribution in [0.4, 0.5) is 4.79 Å². The first kappa shape index (κ1) is 23.5. The van der Waals surface area contributed by atoms with Gasteiger partial charge < -0.3 is 10.1 Å². The van der Waals surface area contributed by atoms with Gasteiger partial charge in [0.25, 0.3) is 0 Å². The van der Waals surface area contributed by atoms with Crippen LogP contribution < -0.4 is 10.1 Å². The molecule has 2 unspecified atom stereocenters. The number of ether oxygens (including phenoxy) is 1. The first-order valence-corrected chi connectivity index (χ1v) is 11.6. The fourth-order valence-corrected chi connectivity index (χ4v) is 4.92. The lowest BCUT2D eigenvalue weighted by Crippen LogP contribution is -2.44. The maximum Gasteiger partial charge on any atom is 0.341 e. The number of amides is 2. The molecule has 0 saturated heterocycles. The highest BCUT2D eigenvalue weighted by atomic mass is 35.5. The molecule has 1 saturated carbocycles. The zero-order valence-electron chi connectivity index (χ0n) is 18.3. The van der Waals surface area contributed by atoms with Gasteiger partial charge in [-0.25, -0.2) is 9.79 Å². The van der Waals surface area contributed by atoms with Crippen LogP contribution in [-0.4, -0.2) is 23.5 Å². The van der Waals surface area contributed by atoms with E-state index in [0.717, 1.165) is 6.42 Å². The Bertz CT molecular complexity index is 859. The van der Waals surface area contributed by atoms with E-state index in [1.165, 1.54) is 45.4 Å². The Morgan fingerprint density at radius 2 is 1.90 bits per heavy atom. The molecule has 1 N–H and O–H groups in total. The molecule has 1 aromatic rings. The molecule has 1 aliphatic heterocycles. The number of urea groups is 1. The molecule has 1 aliphatic carbocycles. The third-order valence-electron chi connectivity index (χ3n) is 6.27. The lowest BCUT2D eigenvalue weighted by molar-refractivity contribution is -0.131. The van der Waals surface area contributed by atoms with Gasteiger partial charge in [-0.15, -0.1) is 0 Å². The second-order valence-corrected chi connectivity index (χ2v) is 8.91. The van der Waals surface area contributed by atoms with E-state index in [2.05, 4.69) is 10.3 Å². The fraction of sp³-hybridized carbons (Fsp3) is 0.583. The molecule has 1 heterocycles. The Balaban J connectivity index is 1.81. The van der Waals surface area contributed by atoms with Crippen molar-refractivity contribution in [3.63, 3.8) is 0 Å². The van der Waals surface area contributed by atoms with Crippen molar-refractivity contribution in [1.82, 2.24) is 5.32 Å². The number of hydrogen-bond acceptors (Lipinski definition) is 4. The van der Waals surface area contributed by atoms with Crippen molar-refractivity contribution in [3.8, 4) is 5.75 Å². The number of nitrogens with zero attached hydrogens (tertiary/aromatic N) is 1. The van der Waals surface area contributed by atoms with Crippen molar-refractivity contribution in [1.29, 1.82) is 0 Å². The molecule has 7 heteroatoms. The molecule has 1 aromatic carbocycles. The summed E-state index contributed by atoms with van der Waals surface area (Å²) in [5.41, 5.74) is 1.31. The average Bonchev–Trinajstić information content (AvgIpc) is 3.01. The second kappa shape index (κ2) is 10.9. The van der Waals surface area contributed by atoms with E-state index in [4.69, 9.17) is 16.3 Å². The molecule has 0 spiro atoms. The Labute approximate surface area is 188 Å². The van der Waals surface area contributed by atoms with Gasteiger partial charge in [-0.1, -0.05) is 63.1 Å². The van der Waals surface area contributed by atoms with E-state index in [-0.39, 0.29) is 16.6 Å². The van der Waals surface area contributed by atoms with Crippen LogP contribution in [-0.2, 0) is 9.59 Å². The van der Waals surface area contributed by atoms with Crippen molar-refractivity contribution in [2.24, 2.45) is 16.8 Å². The topological polar surface area (TPSA) is 84.8 Å². The Kier molecular flexibility index (Phi) is 8.24. The Morgan fingerprint density at radius 3 is 2.52 bits per heavy atom. The van der Waals surface area contributed by atoms with Crippen molar-refractivity contribution < 1.29 is 19.1 Å². The molecule has 31 heavy (non-hydrogen) atoms. The molecule has 6 nitrogen and oxygen atoms in total. The highest BCUT2D eigenvalue weighted by Crippen LogP contribution is 2.35. The van der Waals surface area contributed by atoms with Crippen LogP contribution in [0.2, 0.25) is 5.02 Å². The van der Waals surface area contributed by atoms with Crippen molar-refractivity contribution in [2.45, 2.75) is 77.7 Å². The number of ketones is 1. The monoisotopic (exact) mass is 446 g/mol. The molecular weight excluding hydrogens is 416 g/mol.